The van der Waals surface area contributed by atoms with Gasteiger partial charge in [0.25, 0.3) is 0 Å². The number of benzene rings is 2. The number of ether oxygens (including phenoxy) is 5. The van der Waals surface area contributed by atoms with Gasteiger partial charge in [0.05, 0.1) is 0 Å². The number of hydrogen-bond donors (Lipinski definition) is 0. The molecule has 0 aliphatic carbocycles. The molecule has 2 rings (SSSR count). The maximum Gasteiger partial charge on any atom is 0.191 e. The molecule has 0 amide bonds. The van der Waals surface area contributed by atoms with Crippen molar-refractivity contribution in [3.05, 3.63) is 58.7 Å². The van der Waals surface area contributed by atoms with Gasteiger partial charge in [-0.05, 0) is 47.9 Å². The summed E-state index contributed by atoms with van der Waals surface area (Å²) in [5, 5.41) is 0. The third kappa shape index (κ3) is 8.17. The van der Waals surface area contributed by atoms with Gasteiger partial charge < -0.3 is 23.7 Å². The van der Waals surface area contributed by atoms with Crippen LogP contribution >= 0.6 is 0 Å². The highest BCUT2D eigenvalue weighted by atomic mass is 16.8. The summed E-state index contributed by atoms with van der Waals surface area (Å²) in [5.41, 5.74) is 4.72. The lowest BCUT2D eigenvalue weighted by Crippen LogP contribution is -2.16. The molecular formula is C26H38O5. The van der Waals surface area contributed by atoms with Crippen LogP contribution in [0, 0.1) is 13.8 Å². The smallest absolute Gasteiger partial charge is 0.191 e. The van der Waals surface area contributed by atoms with Gasteiger partial charge in [0.2, 0.25) is 0 Å². The number of aryl methyl sites for hydroxylation is 2. The van der Waals surface area contributed by atoms with Crippen molar-refractivity contribution >= 4 is 0 Å². The average Bonchev–Trinajstić information content (AvgIpc) is 2.67. The first-order chi connectivity index (χ1) is 14.5. The van der Waals surface area contributed by atoms with Crippen LogP contribution in [0.1, 0.15) is 63.8 Å². The lowest BCUT2D eigenvalue weighted by atomic mass is 9.85. The van der Waals surface area contributed by atoms with E-state index < -0.39 is 0 Å². The van der Waals surface area contributed by atoms with E-state index in [2.05, 4.69) is 67.5 Å². The second-order valence-corrected chi connectivity index (χ2v) is 9.87. The molecule has 0 saturated carbocycles. The highest BCUT2D eigenvalue weighted by Gasteiger charge is 2.20. The van der Waals surface area contributed by atoms with Crippen molar-refractivity contribution < 1.29 is 23.7 Å². The van der Waals surface area contributed by atoms with Crippen molar-refractivity contribution in [1.29, 1.82) is 0 Å². The molecule has 0 N–H and O–H groups in total. The minimum atomic E-state index is -0.00397. The predicted molar refractivity (Wildman–Crippen MR) is 124 cm³/mol. The van der Waals surface area contributed by atoms with Crippen molar-refractivity contribution in [2.75, 3.05) is 27.2 Å². The van der Waals surface area contributed by atoms with E-state index in [9.17, 15) is 0 Å². The first-order valence-electron chi connectivity index (χ1n) is 10.7. The molecule has 0 heterocycles. The average molecular weight is 431 g/mol. The Balaban J connectivity index is 1.67. The summed E-state index contributed by atoms with van der Waals surface area (Å²) in [6, 6.07) is 12.3. The lowest BCUT2D eigenvalue weighted by Gasteiger charge is -2.23. The van der Waals surface area contributed by atoms with Crippen LogP contribution in [-0.4, -0.2) is 27.2 Å². The molecule has 0 radical (unpaired) electrons. The van der Waals surface area contributed by atoms with Crippen molar-refractivity contribution in [3.63, 3.8) is 0 Å². The van der Waals surface area contributed by atoms with E-state index in [0.717, 1.165) is 22.6 Å². The molecule has 2 aromatic rings. The van der Waals surface area contributed by atoms with E-state index in [1.165, 1.54) is 11.1 Å². The van der Waals surface area contributed by atoms with Crippen LogP contribution in [0.15, 0.2) is 36.4 Å². The van der Waals surface area contributed by atoms with E-state index in [-0.39, 0.29) is 38.0 Å². The third-order valence-corrected chi connectivity index (χ3v) is 4.82. The first-order valence-corrected chi connectivity index (χ1v) is 10.7. The molecule has 0 fully saturated rings. The fourth-order valence-corrected chi connectivity index (χ4v) is 3.14. The molecule has 0 aliphatic heterocycles. The van der Waals surface area contributed by atoms with Crippen LogP contribution in [0.3, 0.4) is 0 Å². The van der Waals surface area contributed by atoms with Gasteiger partial charge >= 0.3 is 0 Å². The second kappa shape index (κ2) is 11.0. The minimum Gasteiger partial charge on any atom is -0.467 e. The topological polar surface area (TPSA) is 46.2 Å². The fraction of sp³-hybridized carbons (Fsp3) is 0.538. The van der Waals surface area contributed by atoms with Gasteiger partial charge in [-0.1, -0.05) is 76.9 Å². The maximum atomic E-state index is 5.79. The van der Waals surface area contributed by atoms with Gasteiger partial charge in [-0.2, -0.15) is 0 Å². The van der Waals surface area contributed by atoms with E-state index in [1.54, 1.807) is 0 Å². The zero-order valence-electron chi connectivity index (χ0n) is 20.3. The lowest BCUT2D eigenvalue weighted by molar-refractivity contribution is -0.169. The summed E-state index contributed by atoms with van der Waals surface area (Å²) in [6.45, 7) is 17.5. The highest BCUT2D eigenvalue weighted by molar-refractivity contribution is 5.42. The quantitative estimate of drug-likeness (QED) is 0.330. The van der Waals surface area contributed by atoms with Crippen molar-refractivity contribution in [1.82, 2.24) is 0 Å². The molecular weight excluding hydrogens is 392 g/mol. The van der Waals surface area contributed by atoms with Crippen molar-refractivity contribution in [2.24, 2.45) is 0 Å². The molecule has 5 nitrogen and oxygen atoms in total. The van der Waals surface area contributed by atoms with Crippen LogP contribution in [-0.2, 0) is 25.0 Å². The Labute approximate surface area is 187 Å². The summed E-state index contributed by atoms with van der Waals surface area (Å²) in [6.07, 6.45) is 0. The van der Waals surface area contributed by atoms with Crippen LogP contribution < -0.4 is 9.47 Å². The Kier molecular flexibility index (Phi) is 8.92. The molecule has 0 unspecified atom stereocenters. The Hall–Kier alpha value is -2.08. The fourth-order valence-electron chi connectivity index (χ4n) is 3.14. The zero-order chi connectivity index (χ0) is 23.1. The van der Waals surface area contributed by atoms with E-state index in [4.69, 9.17) is 23.7 Å². The van der Waals surface area contributed by atoms with Crippen molar-refractivity contribution in [2.45, 2.75) is 66.2 Å². The van der Waals surface area contributed by atoms with Crippen LogP contribution in [0.5, 0.6) is 11.5 Å². The molecule has 0 saturated heterocycles. The van der Waals surface area contributed by atoms with E-state index in [1.807, 2.05) is 24.3 Å². The van der Waals surface area contributed by atoms with E-state index in [0.29, 0.717) is 0 Å². The summed E-state index contributed by atoms with van der Waals surface area (Å²) in [5.74, 6) is 1.66. The zero-order valence-corrected chi connectivity index (χ0v) is 20.3. The second-order valence-electron chi connectivity index (χ2n) is 9.87. The van der Waals surface area contributed by atoms with Crippen LogP contribution in [0.2, 0.25) is 0 Å². The highest BCUT2D eigenvalue weighted by Crippen LogP contribution is 2.33. The van der Waals surface area contributed by atoms with Gasteiger partial charge in [-0.25, -0.2) is 0 Å². The van der Waals surface area contributed by atoms with Gasteiger partial charge in [0, 0.05) is 0 Å². The van der Waals surface area contributed by atoms with Crippen LogP contribution in [0.4, 0.5) is 0 Å². The SMILES string of the molecule is Cc1ccc(OCOCOCOCOc2ccc(C)cc2C(C)(C)C)c(C(C)(C)C)c1. The van der Waals surface area contributed by atoms with Crippen LogP contribution in [0.25, 0.3) is 0 Å². The normalized spacial score (nSPS) is 12.1. The van der Waals surface area contributed by atoms with Gasteiger partial charge in [0.1, 0.15) is 11.5 Å². The molecule has 5 heteroatoms. The Bertz CT molecular complexity index is 761. The van der Waals surface area contributed by atoms with Gasteiger partial charge in [-0.3, -0.25) is 0 Å². The Morgan fingerprint density at radius 2 is 0.903 bits per heavy atom. The third-order valence-electron chi connectivity index (χ3n) is 4.82. The number of hydrogen-bond acceptors (Lipinski definition) is 5. The van der Waals surface area contributed by atoms with E-state index >= 15 is 0 Å². The summed E-state index contributed by atoms with van der Waals surface area (Å²) in [7, 11) is 0. The molecule has 31 heavy (non-hydrogen) atoms. The molecule has 0 bridgehead atoms. The molecule has 0 spiro atoms. The Morgan fingerprint density at radius 3 is 1.26 bits per heavy atom. The van der Waals surface area contributed by atoms with Crippen molar-refractivity contribution in [3.8, 4) is 11.5 Å². The van der Waals surface area contributed by atoms with Gasteiger partial charge in [-0.15, -0.1) is 0 Å². The molecule has 2 aromatic carbocycles. The summed E-state index contributed by atoms with van der Waals surface area (Å²) >= 11 is 0. The first kappa shape index (κ1) is 25.2. The largest absolute Gasteiger partial charge is 0.467 e. The standard InChI is InChI=1S/C26H38O5/c1-19-9-11-23(21(13-19)25(3,4)5)30-17-28-15-27-16-29-18-31-24-12-10-20(2)14-22(24)26(6,7)8/h9-14H,15-18H2,1-8H3. The molecule has 172 valence electrons. The Morgan fingerprint density at radius 1 is 0.548 bits per heavy atom. The number of rotatable bonds is 10. The van der Waals surface area contributed by atoms with Gasteiger partial charge in [0.15, 0.2) is 27.2 Å². The molecule has 0 atom stereocenters. The maximum absolute atomic E-state index is 5.79. The molecule has 0 aromatic heterocycles. The molecule has 0 aliphatic rings. The minimum absolute atomic E-state index is 0.00397. The monoisotopic (exact) mass is 430 g/mol. The summed E-state index contributed by atoms with van der Waals surface area (Å²) in [4.78, 5) is 0. The predicted octanol–water partition coefficient (Wildman–Crippen LogP) is 6.24. The summed E-state index contributed by atoms with van der Waals surface area (Å²) < 4.78 is 27.7.